The fourth-order valence-electron chi connectivity index (χ4n) is 11.6. The fraction of sp³-hybridized carbons (Fsp3) is 0.563. The number of aliphatic hydroxyl groups excluding tert-OH is 8. The van der Waals surface area contributed by atoms with Crippen molar-refractivity contribution in [2.24, 2.45) is 11.8 Å². The Morgan fingerprint density at radius 2 is 0.609 bits per heavy atom. The van der Waals surface area contributed by atoms with Gasteiger partial charge in [0.05, 0.1) is 60.7 Å². The van der Waals surface area contributed by atoms with Crippen LogP contribution in [-0.2, 0) is 51.4 Å². The van der Waals surface area contributed by atoms with E-state index in [1.807, 2.05) is 49.4 Å². The van der Waals surface area contributed by atoms with Crippen LogP contribution >= 0.6 is 0 Å². The molecule has 3 aromatic heterocycles. The lowest BCUT2D eigenvalue weighted by molar-refractivity contribution is 0.119. The molecule has 0 radical (unpaired) electrons. The maximum atomic E-state index is 13.7. The minimum atomic E-state index is -0.711. The maximum absolute atomic E-state index is 13.7. The lowest BCUT2D eigenvalue weighted by Crippen LogP contribution is -2.15. The van der Waals surface area contributed by atoms with E-state index in [4.69, 9.17) is 68.5 Å². The summed E-state index contributed by atoms with van der Waals surface area (Å²) in [7, 11) is 0. The summed E-state index contributed by atoms with van der Waals surface area (Å²) >= 11 is 0. The second-order valence-corrected chi connectivity index (χ2v) is 32.5. The summed E-state index contributed by atoms with van der Waals surface area (Å²) in [6.07, 6.45) is 23.6. The van der Waals surface area contributed by atoms with Gasteiger partial charge in [-0.2, -0.15) is 0 Å². The van der Waals surface area contributed by atoms with Crippen LogP contribution in [0.4, 0.5) is 26.3 Å². The Kier molecular flexibility index (Phi) is 65.0. The van der Waals surface area contributed by atoms with Crippen molar-refractivity contribution in [1.82, 2.24) is 15.0 Å². The number of ether oxygens (including phenoxy) is 8. The molecular formula is C103H155F6N3O16. The van der Waals surface area contributed by atoms with Crippen LogP contribution in [-0.4, -0.2) is 157 Å². The van der Waals surface area contributed by atoms with Gasteiger partial charge < -0.3 is 78.7 Å². The van der Waals surface area contributed by atoms with Crippen LogP contribution in [0.2, 0.25) is 0 Å². The number of pyridine rings is 3. The van der Waals surface area contributed by atoms with Crippen molar-refractivity contribution in [3.05, 3.63) is 220 Å². The van der Waals surface area contributed by atoms with Crippen LogP contribution in [0.25, 0.3) is 0 Å². The second-order valence-electron chi connectivity index (χ2n) is 32.5. The maximum Gasteiger partial charge on any atom is 0.216 e. The van der Waals surface area contributed by atoms with Crippen LogP contribution < -0.4 is 37.9 Å². The zero-order valence-electron chi connectivity index (χ0n) is 79.7. The number of halogens is 6. The summed E-state index contributed by atoms with van der Waals surface area (Å²) < 4.78 is 125. The number of para-hydroxylation sites is 2. The van der Waals surface area contributed by atoms with Crippen LogP contribution in [0.1, 0.15) is 259 Å². The van der Waals surface area contributed by atoms with E-state index in [1.165, 1.54) is 36.8 Å². The van der Waals surface area contributed by atoms with Gasteiger partial charge in [0.15, 0.2) is 34.7 Å². The topological polar surface area (TPSA) is 274 Å². The van der Waals surface area contributed by atoms with E-state index < -0.39 is 60.5 Å². The number of hydrogen-bond donors (Lipinski definition) is 8. The van der Waals surface area contributed by atoms with Crippen LogP contribution in [0.3, 0.4) is 0 Å². The molecule has 3 heterocycles. The van der Waals surface area contributed by atoms with E-state index in [9.17, 15) is 36.6 Å². The van der Waals surface area contributed by atoms with Gasteiger partial charge in [0.25, 0.3) is 0 Å². The fourth-order valence-corrected chi connectivity index (χ4v) is 11.6. The third kappa shape index (κ3) is 52.8. The van der Waals surface area contributed by atoms with Crippen LogP contribution in [0, 0.1) is 46.7 Å². The van der Waals surface area contributed by atoms with Gasteiger partial charge in [-0.05, 0) is 247 Å². The Morgan fingerprint density at radius 1 is 0.273 bits per heavy atom. The Bertz CT molecular complexity index is 4000. The zero-order valence-corrected chi connectivity index (χ0v) is 79.7. The smallest absolute Gasteiger partial charge is 0.216 e. The molecule has 720 valence electrons. The van der Waals surface area contributed by atoms with Gasteiger partial charge in [-0.1, -0.05) is 163 Å². The summed E-state index contributed by atoms with van der Waals surface area (Å²) in [6, 6.07) is 31.4. The van der Waals surface area contributed by atoms with E-state index in [2.05, 4.69) is 77.3 Å². The average Bonchev–Trinajstić information content (AvgIpc) is 0.827. The van der Waals surface area contributed by atoms with E-state index >= 15 is 0 Å². The molecule has 8 N–H and O–H groups in total. The number of aromatic nitrogens is 3. The number of unbranched alkanes of at least 4 members (excludes halogenated alkanes) is 6. The molecule has 25 heteroatoms. The number of benzene rings is 5. The quantitative estimate of drug-likeness (QED) is 0.0165. The Balaban J connectivity index is 0.000000732. The molecule has 8 rings (SSSR count). The van der Waals surface area contributed by atoms with Crippen molar-refractivity contribution in [3.63, 3.8) is 0 Å². The molecule has 0 saturated heterocycles. The van der Waals surface area contributed by atoms with Gasteiger partial charge in [-0.25, -0.2) is 31.3 Å². The molecule has 10 unspecified atom stereocenters. The van der Waals surface area contributed by atoms with Crippen molar-refractivity contribution in [2.45, 2.75) is 315 Å². The predicted molar refractivity (Wildman–Crippen MR) is 500 cm³/mol. The van der Waals surface area contributed by atoms with Crippen LogP contribution in [0.5, 0.6) is 46.1 Å². The molecule has 0 bridgehead atoms. The highest BCUT2D eigenvalue weighted by Gasteiger charge is 2.20. The third-order valence-corrected chi connectivity index (χ3v) is 19.0. The molecule has 0 spiro atoms. The minimum Gasteiger partial charge on any atom is -0.491 e. The van der Waals surface area contributed by atoms with Gasteiger partial charge >= 0.3 is 0 Å². The van der Waals surface area contributed by atoms with Crippen LogP contribution in [0.15, 0.2) is 140 Å². The largest absolute Gasteiger partial charge is 0.491 e. The zero-order chi connectivity index (χ0) is 95.7. The standard InChI is InChI=1S/2C14H21FO2.C13H18F2O2.2C13H19FO2.3C12H19NO2/c1-4-10(2)8-12-13(15)6-5-7-14(12)17-9-11(3)16;1-4-10(2)8-12-6-5-7-13(15)14(12)17-9-11(3)16;1-3-4-5-10-11(14)6-7-12(15)13(10)17-8-9(2)16;1-3-4-6-11-12(14)7-5-8-13(11)16-9-10(2)15;1-3-4-6-11-7-5-8-12(14)13(11)16-9-10(2)15;1-3-4-6-11-12(7-5-8-13-11)15-9-10(2)14;1-3-4-6-11-7-5-8-13-12(11)15-9-10(2)14;1-3-4-5-11-6-7-13-8-12(11)15-9-10(2)14/h2*5-7,10-11,16H,4,8-9H2,1-3H3;6-7,9,16H,3-5,8H2,1-2H3;2*5,7-8,10,15H,3-4,6,9H2,1-2H3;2*5,7-8,10,14H,3-4,6,9H2,1-2H3;6-8,10,14H,3-5,9H2,1-2H3. The molecule has 8 aromatic rings. The van der Waals surface area contributed by atoms with Crippen molar-refractivity contribution >= 4 is 0 Å². The van der Waals surface area contributed by atoms with Gasteiger partial charge in [0, 0.05) is 40.8 Å². The van der Waals surface area contributed by atoms with Gasteiger partial charge in [0.1, 0.15) is 93.3 Å². The lowest BCUT2D eigenvalue weighted by atomic mass is 9.98. The normalized spacial score (nSPS) is 13.0. The van der Waals surface area contributed by atoms with Crippen molar-refractivity contribution in [3.8, 4) is 46.1 Å². The summed E-state index contributed by atoms with van der Waals surface area (Å²) in [5, 5.41) is 73.1. The number of hydrogen-bond acceptors (Lipinski definition) is 19. The highest BCUT2D eigenvalue weighted by atomic mass is 19.1. The lowest BCUT2D eigenvalue weighted by Gasteiger charge is -2.15. The van der Waals surface area contributed by atoms with E-state index in [0.29, 0.717) is 79.4 Å². The number of aliphatic hydroxyl groups is 8. The molecular weight excluding hydrogens is 1650 g/mol. The predicted octanol–water partition coefficient (Wildman–Crippen LogP) is 21.8. The van der Waals surface area contributed by atoms with Gasteiger partial charge in [-0.15, -0.1) is 0 Å². The first-order valence-corrected chi connectivity index (χ1v) is 46.0. The average molecular weight is 1810 g/mol. The molecule has 0 fully saturated rings. The van der Waals surface area contributed by atoms with E-state index in [-0.39, 0.29) is 79.1 Å². The second kappa shape index (κ2) is 71.0. The SMILES string of the molecule is CCC(C)Cc1c(F)cccc1OCC(C)O.CCC(C)Cc1cccc(F)c1OCC(C)O.CCCCc1c(F)ccc(F)c1OCC(C)O.CCCCc1c(F)cccc1OCC(C)O.CCCCc1cccc(F)c1OCC(C)O.CCCCc1cccnc1OCC(C)O.CCCCc1ccncc1OCC(C)O.CCCCc1ncccc1OCC(C)O. The highest BCUT2D eigenvalue weighted by molar-refractivity contribution is 5.40. The molecule has 10 atom stereocenters. The monoisotopic (exact) mass is 1800 g/mol. The number of rotatable bonds is 48. The molecule has 19 nitrogen and oxygen atoms in total. The third-order valence-electron chi connectivity index (χ3n) is 19.0. The van der Waals surface area contributed by atoms with Crippen molar-refractivity contribution in [2.75, 3.05) is 52.9 Å². The molecule has 0 aliphatic rings. The Hall–Kier alpha value is -8.79. The van der Waals surface area contributed by atoms with Crippen molar-refractivity contribution in [1.29, 1.82) is 0 Å². The molecule has 0 aliphatic carbocycles. The van der Waals surface area contributed by atoms with Gasteiger partial charge in [0.2, 0.25) is 5.88 Å². The van der Waals surface area contributed by atoms with E-state index in [0.717, 1.165) is 168 Å². The first-order valence-electron chi connectivity index (χ1n) is 46.0. The minimum absolute atomic E-state index is 0.0422. The van der Waals surface area contributed by atoms with Gasteiger partial charge in [-0.3, -0.25) is 9.97 Å². The molecule has 0 saturated carbocycles. The first kappa shape index (κ1) is 117. The molecule has 0 aliphatic heterocycles. The van der Waals surface area contributed by atoms with Crippen molar-refractivity contribution < 1.29 is 105 Å². The molecule has 128 heavy (non-hydrogen) atoms. The summed E-state index contributed by atoms with van der Waals surface area (Å²) in [5.74, 6) is 2.56. The summed E-state index contributed by atoms with van der Waals surface area (Å²) in [5.41, 5.74) is 6.52. The first-order chi connectivity index (χ1) is 61.1. The molecule has 0 amide bonds. The Labute approximate surface area is 761 Å². The summed E-state index contributed by atoms with van der Waals surface area (Å²) in [6.45, 7) is 35.8. The Morgan fingerprint density at radius 3 is 1.11 bits per heavy atom. The molecule has 5 aromatic carbocycles. The summed E-state index contributed by atoms with van der Waals surface area (Å²) in [4.78, 5) is 12.5. The number of nitrogens with zero attached hydrogens (tertiary/aromatic N) is 3. The highest BCUT2D eigenvalue weighted by Crippen LogP contribution is 2.32. The number of aryl methyl sites for hydroxylation is 4. The van der Waals surface area contributed by atoms with E-state index in [1.54, 1.807) is 110 Å².